The molecular formula is C16H21BrFN3. The van der Waals surface area contributed by atoms with Gasteiger partial charge in [0.1, 0.15) is 5.82 Å². The van der Waals surface area contributed by atoms with Crippen LogP contribution in [0.5, 0.6) is 0 Å². The van der Waals surface area contributed by atoms with Gasteiger partial charge in [-0.2, -0.15) is 5.10 Å². The third kappa shape index (κ3) is 3.35. The lowest BCUT2D eigenvalue weighted by Gasteiger charge is -2.19. The topological polar surface area (TPSA) is 29.9 Å². The maximum atomic E-state index is 13.3. The first-order chi connectivity index (χ1) is 9.97. The fourth-order valence-electron chi connectivity index (χ4n) is 2.63. The van der Waals surface area contributed by atoms with Crippen LogP contribution in [0.3, 0.4) is 0 Å². The highest BCUT2D eigenvalue weighted by molar-refractivity contribution is 9.10. The van der Waals surface area contributed by atoms with E-state index in [0.717, 1.165) is 39.8 Å². The Morgan fingerprint density at radius 2 is 2.14 bits per heavy atom. The second-order valence-electron chi connectivity index (χ2n) is 5.23. The quantitative estimate of drug-likeness (QED) is 0.888. The van der Waals surface area contributed by atoms with Gasteiger partial charge in [-0.25, -0.2) is 4.39 Å². The number of aryl methyl sites for hydroxylation is 3. The number of rotatable bonds is 5. The van der Waals surface area contributed by atoms with Crippen LogP contribution in [0, 0.1) is 12.7 Å². The van der Waals surface area contributed by atoms with Crippen LogP contribution < -0.4 is 5.32 Å². The van der Waals surface area contributed by atoms with Gasteiger partial charge in [0.05, 0.1) is 15.9 Å². The van der Waals surface area contributed by atoms with E-state index in [1.807, 2.05) is 31.8 Å². The number of benzene rings is 1. The molecule has 21 heavy (non-hydrogen) atoms. The molecule has 0 aliphatic rings. The molecule has 2 rings (SSSR count). The number of aromatic nitrogens is 2. The van der Waals surface area contributed by atoms with Gasteiger partial charge in [-0.1, -0.05) is 13.0 Å². The first kappa shape index (κ1) is 16.2. The monoisotopic (exact) mass is 353 g/mol. The van der Waals surface area contributed by atoms with Gasteiger partial charge >= 0.3 is 0 Å². The molecule has 0 aliphatic heterocycles. The maximum Gasteiger partial charge on any atom is 0.123 e. The van der Waals surface area contributed by atoms with Gasteiger partial charge in [0.2, 0.25) is 0 Å². The summed E-state index contributed by atoms with van der Waals surface area (Å²) in [5.41, 5.74) is 4.29. The van der Waals surface area contributed by atoms with Crippen LogP contribution in [0.4, 0.5) is 4.39 Å². The molecule has 0 saturated carbocycles. The van der Waals surface area contributed by atoms with Gasteiger partial charge in [0.15, 0.2) is 0 Å². The van der Waals surface area contributed by atoms with E-state index < -0.39 is 0 Å². The molecule has 0 fully saturated rings. The number of nitrogens with one attached hydrogen (secondary N) is 1. The van der Waals surface area contributed by atoms with E-state index in [-0.39, 0.29) is 11.9 Å². The molecule has 5 heteroatoms. The van der Waals surface area contributed by atoms with E-state index in [2.05, 4.69) is 33.3 Å². The first-order valence-corrected chi connectivity index (χ1v) is 7.90. The zero-order valence-electron chi connectivity index (χ0n) is 12.9. The van der Waals surface area contributed by atoms with Gasteiger partial charge < -0.3 is 5.32 Å². The Bertz CT molecular complexity index is 637. The molecule has 0 radical (unpaired) electrons. The van der Waals surface area contributed by atoms with E-state index in [1.165, 1.54) is 6.07 Å². The standard InChI is InChI=1S/C16H21BrFN3/c1-5-13-16(17)15(21(4)20-13)9-14(19-3)12-7-6-11(18)8-10(12)2/h6-8,14,19H,5,9H2,1-4H3. The molecule has 1 aromatic heterocycles. The minimum Gasteiger partial charge on any atom is -0.313 e. The number of likely N-dealkylation sites (N-methyl/N-ethyl adjacent to an activating group) is 1. The minimum atomic E-state index is -0.193. The van der Waals surface area contributed by atoms with Crippen molar-refractivity contribution in [2.24, 2.45) is 7.05 Å². The average Bonchev–Trinajstić information content (AvgIpc) is 2.72. The van der Waals surface area contributed by atoms with Crippen molar-refractivity contribution >= 4 is 15.9 Å². The van der Waals surface area contributed by atoms with Crippen molar-refractivity contribution < 1.29 is 4.39 Å². The molecule has 1 unspecified atom stereocenters. The van der Waals surface area contributed by atoms with E-state index in [1.54, 1.807) is 6.07 Å². The zero-order valence-corrected chi connectivity index (χ0v) is 14.5. The Morgan fingerprint density at radius 1 is 1.43 bits per heavy atom. The van der Waals surface area contributed by atoms with Crippen molar-refractivity contribution in [3.8, 4) is 0 Å². The smallest absolute Gasteiger partial charge is 0.123 e. The zero-order chi connectivity index (χ0) is 15.6. The average molecular weight is 354 g/mol. The van der Waals surface area contributed by atoms with Crippen LogP contribution in [0.1, 0.15) is 35.5 Å². The normalized spacial score (nSPS) is 12.7. The summed E-state index contributed by atoms with van der Waals surface area (Å²) < 4.78 is 16.3. The lowest BCUT2D eigenvalue weighted by atomic mass is 9.97. The van der Waals surface area contributed by atoms with Gasteiger partial charge in [-0.15, -0.1) is 0 Å². The molecule has 0 saturated heterocycles. The second-order valence-corrected chi connectivity index (χ2v) is 6.02. The van der Waals surface area contributed by atoms with Crippen LogP contribution in [0.2, 0.25) is 0 Å². The van der Waals surface area contributed by atoms with E-state index in [4.69, 9.17) is 0 Å². The van der Waals surface area contributed by atoms with Crippen molar-refractivity contribution in [1.29, 1.82) is 0 Å². The van der Waals surface area contributed by atoms with E-state index >= 15 is 0 Å². The van der Waals surface area contributed by atoms with Crippen LogP contribution in [-0.2, 0) is 19.9 Å². The Morgan fingerprint density at radius 3 is 2.67 bits per heavy atom. The van der Waals surface area contributed by atoms with Crippen LogP contribution in [0.25, 0.3) is 0 Å². The molecule has 0 bridgehead atoms. The van der Waals surface area contributed by atoms with Crippen molar-refractivity contribution in [1.82, 2.24) is 15.1 Å². The SMILES string of the molecule is CCc1nn(C)c(CC(NC)c2ccc(F)cc2C)c1Br. The molecule has 1 aromatic carbocycles. The third-order valence-electron chi connectivity index (χ3n) is 3.86. The second kappa shape index (κ2) is 6.71. The molecular weight excluding hydrogens is 333 g/mol. The highest BCUT2D eigenvalue weighted by Crippen LogP contribution is 2.28. The van der Waals surface area contributed by atoms with Crippen molar-refractivity contribution in [3.05, 3.63) is 51.0 Å². The molecule has 0 aliphatic carbocycles. The fourth-order valence-corrected chi connectivity index (χ4v) is 3.41. The number of halogens is 2. The van der Waals surface area contributed by atoms with Gasteiger partial charge in [0, 0.05) is 19.5 Å². The first-order valence-electron chi connectivity index (χ1n) is 7.11. The number of hydrogen-bond donors (Lipinski definition) is 1. The molecule has 2 aromatic rings. The predicted molar refractivity (Wildman–Crippen MR) is 86.9 cm³/mol. The Balaban J connectivity index is 2.33. The predicted octanol–water partition coefficient (Wildman–Crippen LogP) is 3.70. The molecule has 0 amide bonds. The highest BCUT2D eigenvalue weighted by Gasteiger charge is 2.19. The summed E-state index contributed by atoms with van der Waals surface area (Å²) in [4.78, 5) is 0. The van der Waals surface area contributed by atoms with Gasteiger partial charge in [-0.05, 0) is 59.6 Å². The molecule has 0 spiro atoms. The lowest BCUT2D eigenvalue weighted by molar-refractivity contribution is 0.554. The Labute approximate surface area is 133 Å². The Kier molecular flexibility index (Phi) is 5.17. The van der Waals surface area contributed by atoms with Crippen molar-refractivity contribution in [2.75, 3.05) is 7.05 Å². The Hall–Kier alpha value is -1.20. The summed E-state index contributed by atoms with van der Waals surface area (Å²) in [5, 5.41) is 7.85. The van der Waals surface area contributed by atoms with Gasteiger partial charge in [0.25, 0.3) is 0 Å². The number of nitrogens with zero attached hydrogens (tertiary/aromatic N) is 2. The van der Waals surface area contributed by atoms with E-state index in [9.17, 15) is 4.39 Å². The molecule has 3 nitrogen and oxygen atoms in total. The summed E-state index contributed by atoms with van der Waals surface area (Å²) in [6, 6.07) is 5.08. The van der Waals surface area contributed by atoms with Gasteiger partial charge in [-0.3, -0.25) is 4.68 Å². The van der Waals surface area contributed by atoms with Crippen LogP contribution in [-0.4, -0.2) is 16.8 Å². The van der Waals surface area contributed by atoms with Crippen molar-refractivity contribution in [2.45, 2.75) is 32.7 Å². The highest BCUT2D eigenvalue weighted by atomic mass is 79.9. The van der Waals surface area contributed by atoms with Crippen molar-refractivity contribution in [3.63, 3.8) is 0 Å². The van der Waals surface area contributed by atoms with Crippen LogP contribution >= 0.6 is 15.9 Å². The summed E-state index contributed by atoms with van der Waals surface area (Å²) in [7, 11) is 3.89. The summed E-state index contributed by atoms with van der Waals surface area (Å²) >= 11 is 3.65. The molecule has 1 N–H and O–H groups in total. The van der Waals surface area contributed by atoms with E-state index in [0.29, 0.717) is 0 Å². The fraction of sp³-hybridized carbons (Fsp3) is 0.438. The lowest BCUT2D eigenvalue weighted by Crippen LogP contribution is -2.21. The third-order valence-corrected chi connectivity index (χ3v) is 4.77. The summed E-state index contributed by atoms with van der Waals surface area (Å²) in [6.07, 6.45) is 1.70. The number of hydrogen-bond acceptors (Lipinski definition) is 2. The summed E-state index contributed by atoms with van der Waals surface area (Å²) in [5.74, 6) is -0.193. The molecule has 114 valence electrons. The largest absolute Gasteiger partial charge is 0.313 e. The minimum absolute atomic E-state index is 0.127. The molecule has 1 atom stereocenters. The summed E-state index contributed by atoms with van der Waals surface area (Å²) in [6.45, 7) is 4.04. The molecule has 1 heterocycles. The maximum absolute atomic E-state index is 13.3. The van der Waals surface area contributed by atoms with Crippen LogP contribution in [0.15, 0.2) is 22.7 Å².